The number of likely N-dealkylation sites (N-methyl/N-ethyl adjacent to an activating group) is 1. The summed E-state index contributed by atoms with van der Waals surface area (Å²) in [7, 11) is 1.35. The number of ether oxygens (including phenoxy) is 4. The van der Waals surface area contributed by atoms with Crippen molar-refractivity contribution in [3.8, 4) is 0 Å². The van der Waals surface area contributed by atoms with Crippen LogP contribution in [0, 0.1) is 25.6 Å². The number of aromatic nitrogens is 1. The maximum Gasteiger partial charge on any atom is 0.412 e. The summed E-state index contributed by atoms with van der Waals surface area (Å²) in [5.74, 6) is -2.04. The number of carbonyl (C=O) groups is 5. The molecule has 14 nitrogen and oxygen atoms in total. The molecule has 0 bridgehead atoms. The van der Waals surface area contributed by atoms with Gasteiger partial charge in [-0.15, -0.1) is 0 Å². The first-order chi connectivity index (χ1) is 22.2. The molecule has 0 spiro atoms. The average Bonchev–Trinajstić information content (AvgIpc) is 3.46. The number of benzene rings is 1. The van der Waals surface area contributed by atoms with E-state index in [4.69, 9.17) is 14.2 Å². The van der Waals surface area contributed by atoms with Crippen LogP contribution in [0.1, 0.15) is 67.0 Å². The molecule has 2 heterocycles. The molecule has 0 aliphatic carbocycles. The number of amides is 4. The van der Waals surface area contributed by atoms with Crippen LogP contribution >= 0.6 is 0 Å². The minimum atomic E-state index is -1.27. The van der Waals surface area contributed by atoms with Gasteiger partial charge in [0.25, 0.3) is 11.8 Å². The molecule has 0 saturated heterocycles. The van der Waals surface area contributed by atoms with E-state index in [0.29, 0.717) is 33.8 Å². The van der Waals surface area contributed by atoms with Crippen LogP contribution in [-0.4, -0.2) is 85.7 Å². The highest BCUT2D eigenvalue weighted by Crippen LogP contribution is 2.34. The van der Waals surface area contributed by atoms with Crippen LogP contribution in [0.15, 0.2) is 18.2 Å². The summed E-state index contributed by atoms with van der Waals surface area (Å²) in [6.45, 7) is 10.4. The summed E-state index contributed by atoms with van der Waals surface area (Å²) in [6.07, 6.45) is -1.07. The SMILES string of the molecule is CCN(CCNC(=O)c1c(C)[nH]c(/C=C2\C(=O)Nc3ccc(F)cc32)c1C)C(=O)OC(C)OC(=O)C(CC(C)C)NC(=O)OCOC. The minimum Gasteiger partial charge on any atom is -0.424 e. The van der Waals surface area contributed by atoms with Gasteiger partial charge in [-0.05, 0) is 62.9 Å². The van der Waals surface area contributed by atoms with Crippen LogP contribution in [0.2, 0.25) is 0 Å². The normalized spacial score (nSPS) is 14.2. The quantitative estimate of drug-likeness (QED) is 0.132. The molecule has 1 aliphatic heterocycles. The van der Waals surface area contributed by atoms with Gasteiger partial charge in [-0.3, -0.25) is 9.59 Å². The molecule has 4 amide bonds. The van der Waals surface area contributed by atoms with E-state index < -0.39 is 42.2 Å². The third-order valence-electron chi connectivity index (χ3n) is 7.20. The van der Waals surface area contributed by atoms with Gasteiger partial charge in [-0.1, -0.05) is 13.8 Å². The first-order valence-corrected chi connectivity index (χ1v) is 15.1. The Bertz CT molecular complexity index is 1520. The van der Waals surface area contributed by atoms with Gasteiger partial charge in [0.15, 0.2) is 6.79 Å². The molecule has 2 aromatic rings. The molecule has 47 heavy (non-hydrogen) atoms. The van der Waals surface area contributed by atoms with E-state index in [0.717, 1.165) is 0 Å². The van der Waals surface area contributed by atoms with E-state index in [1.165, 1.54) is 37.1 Å². The number of rotatable bonds is 14. The lowest BCUT2D eigenvalue weighted by molar-refractivity contribution is -0.169. The third kappa shape index (κ3) is 9.78. The number of anilines is 1. The first-order valence-electron chi connectivity index (χ1n) is 15.1. The van der Waals surface area contributed by atoms with Gasteiger partial charge >= 0.3 is 18.2 Å². The first kappa shape index (κ1) is 36.5. The van der Waals surface area contributed by atoms with Crippen LogP contribution in [-0.2, 0) is 28.5 Å². The Morgan fingerprint density at radius 3 is 2.49 bits per heavy atom. The summed E-state index contributed by atoms with van der Waals surface area (Å²) in [5, 5.41) is 7.90. The van der Waals surface area contributed by atoms with Crippen LogP contribution in [0.3, 0.4) is 0 Å². The molecule has 2 unspecified atom stereocenters. The number of esters is 1. The molecule has 0 saturated carbocycles. The van der Waals surface area contributed by atoms with E-state index in [-0.39, 0.29) is 50.2 Å². The number of aryl methyl sites for hydroxylation is 1. The van der Waals surface area contributed by atoms with Crippen LogP contribution in [0.5, 0.6) is 0 Å². The predicted molar refractivity (Wildman–Crippen MR) is 170 cm³/mol. The second-order valence-electron chi connectivity index (χ2n) is 11.3. The van der Waals surface area contributed by atoms with Crippen LogP contribution in [0.25, 0.3) is 11.6 Å². The van der Waals surface area contributed by atoms with E-state index in [9.17, 15) is 28.4 Å². The highest BCUT2D eigenvalue weighted by atomic mass is 19.1. The Labute approximate surface area is 272 Å². The highest BCUT2D eigenvalue weighted by Gasteiger charge is 2.28. The van der Waals surface area contributed by atoms with Gasteiger partial charge in [0, 0.05) is 56.3 Å². The molecule has 4 N–H and O–H groups in total. The monoisotopic (exact) mass is 659 g/mol. The molecule has 15 heteroatoms. The smallest absolute Gasteiger partial charge is 0.412 e. The van der Waals surface area contributed by atoms with Crippen molar-refractivity contribution in [2.24, 2.45) is 5.92 Å². The number of aromatic amines is 1. The number of fused-ring (bicyclic) bond motifs is 1. The van der Waals surface area contributed by atoms with Crippen molar-refractivity contribution in [1.82, 2.24) is 20.5 Å². The number of H-pyrrole nitrogens is 1. The van der Waals surface area contributed by atoms with E-state index in [2.05, 4.69) is 25.7 Å². The fraction of sp³-hybridized carbons (Fsp3) is 0.469. The number of nitrogens with zero attached hydrogens (tertiary/aromatic N) is 1. The van der Waals surface area contributed by atoms with Crippen LogP contribution in [0.4, 0.5) is 19.7 Å². The second-order valence-corrected chi connectivity index (χ2v) is 11.3. The van der Waals surface area contributed by atoms with Gasteiger partial charge < -0.3 is 44.8 Å². The van der Waals surface area contributed by atoms with Crippen molar-refractivity contribution >= 4 is 47.3 Å². The lowest BCUT2D eigenvalue weighted by Gasteiger charge is -2.24. The Balaban J connectivity index is 1.57. The van der Waals surface area contributed by atoms with E-state index in [1.807, 2.05) is 13.8 Å². The number of nitrogens with one attached hydrogen (secondary N) is 4. The standard InChI is InChI=1S/C32H42FN5O9/c1-8-38(32(43)47-20(6)46-30(41)26(13-17(2)3)37-31(42)45-16-44-7)12-11-34-29(40)27-18(4)25(35-19(27)5)15-23-22-14-21(33)9-10-24(22)36-28(23)39/h9-10,14-15,17,20,26,35H,8,11-13,16H2,1-7H3,(H,34,40)(H,36,39)(H,37,42)/b23-15-. The summed E-state index contributed by atoms with van der Waals surface area (Å²) in [6, 6.07) is 2.99. The summed E-state index contributed by atoms with van der Waals surface area (Å²) >= 11 is 0. The average molecular weight is 660 g/mol. The van der Waals surface area contributed by atoms with Crippen molar-refractivity contribution < 1.29 is 47.3 Å². The maximum absolute atomic E-state index is 13.9. The molecule has 0 radical (unpaired) electrons. The maximum atomic E-state index is 13.9. The molecule has 1 aromatic heterocycles. The van der Waals surface area contributed by atoms with Crippen molar-refractivity contribution in [3.05, 3.63) is 52.1 Å². The molecular weight excluding hydrogens is 617 g/mol. The van der Waals surface area contributed by atoms with E-state index >= 15 is 0 Å². The molecular formula is C32H42FN5O9. The van der Waals surface area contributed by atoms with Crippen molar-refractivity contribution in [2.75, 3.05) is 38.9 Å². The summed E-state index contributed by atoms with van der Waals surface area (Å²) in [4.78, 5) is 67.6. The Morgan fingerprint density at radius 2 is 1.83 bits per heavy atom. The van der Waals surface area contributed by atoms with E-state index in [1.54, 1.807) is 26.8 Å². The molecule has 256 valence electrons. The number of halogens is 1. The summed E-state index contributed by atoms with van der Waals surface area (Å²) in [5.41, 5.74) is 3.24. The van der Waals surface area contributed by atoms with Crippen LogP contribution < -0.4 is 16.0 Å². The summed E-state index contributed by atoms with van der Waals surface area (Å²) < 4.78 is 33.9. The zero-order chi connectivity index (χ0) is 34.8. The van der Waals surface area contributed by atoms with Crippen molar-refractivity contribution in [1.29, 1.82) is 0 Å². The fourth-order valence-corrected chi connectivity index (χ4v) is 4.95. The van der Waals surface area contributed by atoms with Gasteiger partial charge in [0.2, 0.25) is 6.29 Å². The number of alkyl carbamates (subject to hydrolysis) is 1. The van der Waals surface area contributed by atoms with Gasteiger partial charge in [0.1, 0.15) is 11.9 Å². The van der Waals surface area contributed by atoms with Crippen molar-refractivity contribution in [2.45, 2.75) is 60.3 Å². The van der Waals surface area contributed by atoms with Crippen molar-refractivity contribution in [3.63, 3.8) is 0 Å². The lowest BCUT2D eigenvalue weighted by atomic mass is 10.0. The molecule has 0 fully saturated rings. The highest BCUT2D eigenvalue weighted by molar-refractivity contribution is 6.34. The Kier molecular flexibility index (Phi) is 12.9. The number of hydrogen-bond acceptors (Lipinski definition) is 9. The fourth-order valence-electron chi connectivity index (χ4n) is 4.95. The number of methoxy groups -OCH3 is 1. The zero-order valence-electron chi connectivity index (χ0n) is 27.6. The topological polar surface area (TPSA) is 177 Å². The minimum absolute atomic E-state index is 0.0265. The van der Waals surface area contributed by atoms with Gasteiger partial charge in [-0.2, -0.15) is 0 Å². The lowest BCUT2D eigenvalue weighted by Crippen LogP contribution is -2.45. The largest absolute Gasteiger partial charge is 0.424 e. The predicted octanol–water partition coefficient (Wildman–Crippen LogP) is 4.09. The third-order valence-corrected chi connectivity index (χ3v) is 7.20. The second kappa shape index (κ2) is 16.6. The van der Waals surface area contributed by atoms with Gasteiger partial charge in [0.05, 0.1) is 11.1 Å². The molecule has 3 rings (SSSR count). The van der Waals surface area contributed by atoms with Gasteiger partial charge in [-0.25, -0.2) is 18.8 Å². The molecule has 1 aliphatic rings. The Hall–Kier alpha value is -4.92. The zero-order valence-corrected chi connectivity index (χ0v) is 27.6. The molecule has 2 atom stereocenters. The number of hydrogen-bond donors (Lipinski definition) is 4. The number of carbonyl (C=O) groups excluding carboxylic acids is 5. The Morgan fingerprint density at radius 1 is 1.11 bits per heavy atom. The molecule has 1 aromatic carbocycles.